The first-order valence-corrected chi connectivity index (χ1v) is 11.3. The Morgan fingerprint density at radius 2 is 2.10 bits per heavy atom. The van der Waals surface area contributed by atoms with Crippen molar-refractivity contribution >= 4 is 45.2 Å². The molecule has 0 bridgehead atoms. The van der Waals surface area contributed by atoms with E-state index in [0.717, 1.165) is 39.1 Å². The zero-order valence-corrected chi connectivity index (χ0v) is 18.4. The quantitative estimate of drug-likeness (QED) is 0.357. The second-order valence-corrected chi connectivity index (χ2v) is 9.08. The number of thiophene rings is 1. The molecule has 0 aliphatic carbocycles. The number of nitrogens with one attached hydrogen (secondary N) is 1. The number of thioether (sulfide) groups is 1. The monoisotopic (exact) mass is 436 g/mol. The van der Waals surface area contributed by atoms with E-state index >= 15 is 0 Å². The standard InChI is InChI=1S/C22H20N4O2S2/c1-26-11-15(20-17(26)10-18(27-2)22(25-20)28-3)16-9-14-13(6-7-23-21(14)24-16)12-30-19-5-4-8-29-19/h4-11H,12H2,1-3H3,(H,23,24). The maximum Gasteiger partial charge on any atom is 0.257 e. The molecule has 0 amide bonds. The Morgan fingerprint density at radius 1 is 1.20 bits per heavy atom. The summed E-state index contributed by atoms with van der Waals surface area (Å²) in [6.45, 7) is 0. The zero-order chi connectivity index (χ0) is 20.7. The molecular weight excluding hydrogens is 416 g/mol. The molecule has 8 heteroatoms. The Morgan fingerprint density at radius 3 is 2.87 bits per heavy atom. The van der Waals surface area contributed by atoms with Crippen LogP contribution >= 0.6 is 23.1 Å². The first-order chi connectivity index (χ1) is 14.7. The van der Waals surface area contributed by atoms with Gasteiger partial charge in [0.25, 0.3) is 5.88 Å². The minimum atomic E-state index is 0.472. The van der Waals surface area contributed by atoms with E-state index in [9.17, 15) is 0 Å². The highest BCUT2D eigenvalue weighted by Crippen LogP contribution is 2.37. The van der Waals surface area contributed by atoms with Gasteiger partial charge >= 0.3 is 0 Å². The van der Waals surface area contributed by atoms with Crippen molar-refractivity contribution in [2.75, 3.05) is 14.2 Å². The van der Waals surface area contributed by atoms with E-state index < -0.39 is 0 Å². The molecule has 6 nitrogen and oxygen atoms in total. The van der Waals surface area contributed by atoms with E-state index in [0.29, 0.717) is 11.6 Å². The fraction of sp³-hybridized carbons (Fsp3) is 0.182. The van der Waals surface area contributed by atoms with Gasteiger partial charge in [-0.25, -0.2) is 9.97 Å². The molecule has 0 unspecified atom stereocenters. The highest BCUT2D eigenvalue weighted by molar-refractivity contribution is 8.00. The molecule has 0 aliphatic rings. The molecular formula is C22H20N4O2S2. The predicted molar refractivity (Wildman–Crippen MR) is 123 cm³/mol. The molecule has 0 aromatic carbocycles. The van der Waals surface area contributed by atoms with Crippen LogP contribution in [0.1, 0.15) is 5.56 Å². The number of rotatable bonds is 6. The first kappa shape index (κ1) is 19.0. The minimum Gasteiger partial charge on any atom is -0.491 e. The van der Waals surface area contributed by atoms with Crippen LogP contribution in [0, 0.1) is 0 Å². The number of fused-ring (bicyclic) bond motifs is 2. The number of pyridine rings is 2. The van der Waals surface area contributed by atoms with Crippen molar-refractivity contribution in [2.45, 2.75) is 9.96 Å². The molecule has 0 aliphatic heterocycles. The molecule has 5 heterocycles. The van der Waals surface area contributed by atoms with Gasteiger partial charge in [-0.15, -0.1) is 23.1 Å². The number of hydrogen-bond donors (Lipinski definition) is 1. The summed E-state index contributed by atoms with van der Waals surface area (Å²) in [4.78, 5) is 12.7. The Bertz CT molecular complexity index is 1340. The number of H-pyrrole nitrogens is 1. The van der Waals surface area contributed by atoms with Crippen molar-refractivity contribution in [1.29, 1.82) is 0 Å². The number of methoxy groups -OCH3 is 2. The number of aryl methyl sites for hydroxylation is 1. The van der Waals surface area contributed by atoms with Crippen LogP contribution in [-0.4, -0.2) is 33.7 Å². The Hall–Kier alpha value is -2.97. The van der Waals surface area contributed by atoms with E-state index in [1.807, 2.05) is 35.6 Å². The topological polar surface area (TPSA) is 65.0 Å². The molecule has 0 spiro atoms. The molecule has 1 N–H and O–H groups in total. The van der Waals surface area contributed by atoms with Crippen LogP contribution in [0.2, 0.25) is 0 Å². The zero-order valence-electron chi connectivity index (χ0n) is 16.8. The molecule has 5 aromatic rings. The number of ether oxygens (including phenoxy) is 2. The van der Waals surface area contributed by atoms with E-state index in [1.165, 1.54) is 9.77 Å². The fourth-order valence-electron chi connectivity index (χ4n) is 3.60. The summed E-state index contributed by atoms with van der Waals surface area (Å²) < 4.78 is 14.2. The van der Waals surface area contributed by atoms with Crippen molar-refractivity contribution < 1.29 is 9.47 Å². The maximum absolute atomic E-state index is 5.42. The van der Waals surface area contributed by atoms with Gasteiger partial charge in [0.05, 0.1) is 29.6 Å². The molecule has 0 saturated carbocycles. The van der Waals surface area contributed by atoms with Crippen LogP contribution in [0.4, 0.5) is 0 Å². The molecule has 152 valence electrons. The highest BCUT2D eigenvalue weighted by Gasteiger charge is 2.18. The minimum absolute atomic E-state index is 0.472. The molecule has 0 fully saturated rings. The van der Waals surface area contributed by atoms with Gasteiger partial charge in [0, 0.05) is 42.2 Å². The lowest BCUT2D eigenvalue weighted by Gasteiger charge is -2.07. The third kappa shape index (κ3) is 3.22. The summed E-state index contributed by atoms with van der Waals surface area (Å²) in [5.74, 6) is 1.99. The van der Waals surface area contributed by atoms with Crippen molar-refractivity contribution in [1.82, 2.24) is 19.5 Å². The lowest BCUT2D eigenvalue weighted by Crippen LogP contribution is -1.95. The van der Waals surface area contributed by atoms with Gasteiger partial charge in [-0.1, -0.05) is 6.07 Å². The number of aromatic amines is 1. The maximum atomic E-state index is 5.42. The predicted octanol–water partition coefficient (Wildman–Crippen LogP) is 5.49. The summed E-state index contributed by atoms with van der Waals surface area (Å²) in [7, 11) is 5.22. The SMILES string of the molecule is COc1cc2c(nc1OC)c(-c1cc3c(CSc4cccs4)ccnc3[nH]1)cn2C. The van der Waals surface area contributed by atoms with Crippen molar-refractivity contribution in [3.63, 3.8) is 0 Å². The van der Waals surface area contributed by atoms with Crippen LogP contribution in [0.3, 0.4) is 0 Å². The van der Waals surface area contributed by atoms with Crippen LogP contribution in [0.25, 0.3) is 33.3 Å². The van der Waals surface area contributed by atoms with Gasteiger partial charge < -0.3 is 19.0 Å². The van der Waals surface area contributed by atoms with Crippen molar-refractivity contribution in [2.24, 2.45) is 7.05 Å². The van der Waals surface area contributed by atoms with Crippen LogP contribution in [-0.2, 0) is 12.8 Å². The van der Waals surface area contributed by atoms with E-state index in [2.05, 4.69) is 45.8 Å². The van der Waals surface area contributed by atoms with Gasteiger partial charge in [0.2, 0.25) is 0 Å². The lowest BCUT2D eigenvalue weighted by molar-refractivity contribution is 0.344. The third-order valence-electron chi connectivity index (χ3n) is 5.08. The summed E-state index contributed by atoms with van der Waals surface area (Å²) in [5, 5.41) is 3.24. The average molecular weight is 437 g/mol. The number of nitrogens with zero attached hydrogens (tertiary/aromatic N) is 3. The Kier molecular flexibility index (Phi) is 4.88. The van der Waals surface area contributed by atoms with Gasteiger partial charge in [-0.05, 0) is 29.1 Å². The summed E-state index contributed by atoms with van der Waals surface area (Å²) in [6.07, 6.45) is 3.93. The van der Waals surface area contributed by atoms with Crippen LogP contribution in [0.15, 0.2) is 52.3 Å². The summed E-state index contributed by atoms with van der Waals surface area (Å²) in [5.41, 5.74) is 5.96. The van der Waals surface area contributed by atoms with Crippen LogP contribution < -0.4 is 9.47 Å². The van der Waals surface area contributed by atoms with E-state index in [4.69, 9.17) is 14.5 Å². The van der Waals surface area contributed by atoms with Crippen molar-refractivity contribution in [3.8, 4) is 22.9 Å². The molecule has 0 saturated heterocycles. The smallest absolute Gasteiger partial charge is 0.257 e. The second kappa shape index (κ2) is 7.70. The number of hydrogen-bond acceptors (Lipinski definition) is 6. The Labute approximate surface area is 181 Å². The molecule has 5 aromatic heterocycles. The highest BCUT2D eigenvalue weighted by atomic mass is 32.2. The van der Waals surface area contributed by atoms with Crippen molar-refractivity contribution in [3.05, 3.63) is 53.7 Å². The van der Waals surface area contributed by atoms with E-state index in [-0.39, 0.29) is 0 Å². The average Bonchev–Trinajstić information content (AvgIpc) is 3.50. The van der Waals surface area contributed by atoms with Gasteiger partial charge in [0.15, 0.2) is 5.75 Å². The van der Waals surface area contributed by atoms with Gasteiger partial charge in [0.1, 0.15) is 11.2 Å². The van der Waals surface area contributed by atoms with Gasteiger partial charge in [-0.2, -0.15) is 0 Å². The molecule has 5 rings (SSSR count). The lowest BCUT2D eigenvalue weighted by atomic mass is 10.1. The fourth-order valence-corrected chi connectivity index (χ4v) is 5.38. The first-order valence-electron chi connectivity index (χ1n) is 9.39. The van der Waals surface area contributed by atoms with Crippen LogP contribution in [0.5, 0.6) is 11.6 Å². The van der Waals surface area contributed by atoms with Gasteiger partial charge in [-0.3, -0.25) is 0 Å². The molecule has 30 heavy (non-hydrogen) atoms. The van der Waals surface area contributed by atoms with E-state index in [1.54, 1.807) is 25.6 Å². The largest absolute Gasteiger partial charge is 0.491 e. The molecule has 0 atom stereocenters. The second-order valence-electron chi connectivity index (χ2n) is 6.86. The summed E-state index contributed by atoms with van der Waals surface area (Å²) in [6, 6.07) is 10.4. The normalized spacial score (nSPS) is 11.4. The third-order valence-corrected chi connectivity index (χ3v) is 7.26. The molecule has 0 radical (unpaired) electrons. The summed E-state index contributed by atoms with van der Waals surface area (Å²) >= 11 is 3.61. The Balaban J connectivity index is 1.59. The number of aromatic nitrogens is 4.